The van der Waals surface area contributed by atoms with Crippen molar-refractivity contribution < 1.29 is 4.79 Å². The van der Waals surface area contributed by atoms with Crippen LogP contribution in [0.1, 0.15) is 46.2 Å². The second-order valence-electron chi connectivity index (χ2n) is 10.1. The largest absolute Gasteiger partial charge is 0.321 e. The minimum Gasteiger partial charge on any atom is -0.320 e. The van der Waals surface area contributed by atoms with E-state index in [0.717, 1.165) is 49.4 Å². The molecule has 2 saturated heterocycles. The molecule has 0 spiro atoms. The Morgan fingerprint density at radius 2 is 1.74 bits per heavy atom. The molecule has 3 aromatic rings. The van der Waals surface area contributed by atoms with E-state index >= 15 is 0 Å². The van der Waals surface area contributed by atoms with Gasteiger partial charge in [0, 0.05) is 66.8 Å². The Kier molecular flexibility index (Phi) is 6.25. The summed E-state index contributed by atoms with van der Waals surface area (Å²) < 4.78 is 2.09. The number of halogens is 1. The number of hydrogen-bond acceptors (Lipinski definition) is 4. The highest BCUT2D eigenvalue weighted by Crippen LogP contribution is 2.34. The van der Waals surface area contributed by atoms with Gasteiger partial charge in [-0.1, -0.05) is 23.7 Å². The first kappa shape index (κ1) is 23.1. The minimum absolute atomic E-state index is 0.192. The molecule has 2 aromatic heterocycles. The molecule has 8 heteroatoms. The molecule has 2 unspecified atom stereocenters. The van der Waals surface area contributed by atoms with Gasteiger partial charge in [0.1, 0.15) is 0 Å². The van der Waals surface area contributed by atoms with Gasteiger partial charge in [-0.2, -0.15) is 0 Å². The van der Waals surface area contributed by atoms with Crippen LogP contribution in [0, 0.1) is 0 Å². The summed E-state index contributed by atoms with van der Waals surface area (Å²) in [5.74, 6) is 0.698. The number of rotatable bonds is 5. The fourth-order valence-corrected chi connectivity index (χ4v) is 5.87. The number of urea groups is 1. The lowest BCUT2D eigenvalue weighted by molar-refractivity contribution is 0.0539. The minimum atomic E-state index is 0.192. The summed E-state index contributed by atoms with van der Waals surface area (Å²) in [6.07, 6.45) is 5.94. The predicted molar refractivity (Wildman–Crippen MR) is 135 cm³/mol. The van der Waals surface area contributed by atoms with Gasteiger partial charge in [0.15, 0.2) is 0 Å². The Bertz CT molecular complexity index is 1150. The lowest BCUT2D eigenvalue weighted by Gasteiger charge is -2.45. The van der Waals surface area contributed by atoms with Crippen molar-refractivity contribution in [3.05, 3.63) is 53.4 Å². The van der Waals surface area contributed by atoms with Gasteiger partial charge in [-0.05, 0) is 58.7 Å². The Hall–Kier alpha value is -2.64. The van der Waals surface area contributed by atoms with Crippen LogP contribution in [0.5, 0.6) is 0 Å². The SMILES string of the molecule is CC(C)N(C(=O)N1C2CCC1CN(Cc1c(-c3ccc(Cl)cc3)nc3ncccn13)C2)C(C)C. The van der Waals surface area contributed by atoms with Crippen LogP contribution >= 0.6 is 11.6 Å². The van der Waals surface area contributed by atoms with E-state index in [0.29, 0.717) is 10.8 Å². The summed E-state index contributed by atoms with van der Waals surface area (Å²) >= 11 is 6.13. The van der Waals surface area contributed by atoms with E-state index in [4.69, 9.17) is 16.6 Å². The third-order valence-corrected chi connectivity index (χ3v) is 7.36. The number of carbonyl (C=O) groups is 1. The van der Waals surface area contributed by atoms with Gasteiger partial charge in [-0.25, -0.2) is 14.8 Å². The maximum Gasteiger partial charge on any atom is 0.321 e. The number of nitrogens with zero attached hydrogens (tertiary/aromatic N) is 6. The molecule has 7 nitrogen and oxygen atoms in total. The number of amides is 2. The van der Waals surface area contributed by atoms with Crippen LogP contribution in [-0.2, 0) is 6.54 Å². The molecule has 2 aliphatic rings. The summed E-state index contributed by atoms with van der Waals surface area (Å²) in [6.45, 7) is 10.9. The second kappa shape index (κ2) is 9.19. The van der Waals surface area contributed by atoms with E-state index < -0.39 is 0 Å². The van der Waals surface area contributed by atoms with Gasteiger partial charge in [0.2, 0.25) is 5.78 Å². The Morgan fingerprint density at radius 3 is 2.35 bits per heavy atom. The lowest BCUT2D eigenvalue weighted by Crippen LogP contribution is -2.60. The zero-order valence-electron chi connectivity index (χ0n) is 20.4. The molecule has 5 rings (SSSR count). The zero-order valence-corrected chi connectivity index (χ0v) is 21.1. The fraction of sp³-hybridized carbons (Fsp3) is 0.500. The summed E-state index contributed by atoms with van der Waals surface area (Å²) in [5, 5.41) is 0.710. The summed E-state index contributed by atoms with van der Waals surface area (Å²) in [5.41, 5.74) is 3.09. The van der Waals surface area contributed by atoms with Gasteiger partial charge in [-0.15, -0.1) is 0 Å². The molecular formula is C26H33ClN6O. The normalized spacial score (nSPS) is 20.6. The van der Waals surface area contributed by atoms with Crippen LogP contribution in [0.3, 0.4) is 0 Å². The van der Waals surface area contributed by atoms with Crippen molar-refractivity contribution in [1.29, 1.82) is 0 Å². The smallest absolute Gasteiger partial charge is 0.320 e. The Labute approximate surface area is 206 Å². The number of imidazole rings is 1. The number of piperazine rings is 1. The van der Waals surface area contributed by atoms with Crippen LogP contribution < -0.4 is 0 Å². The molecule has 1 aromatic carbocycles. The quantitative estimate of drug-likeness (QED) is 0.519. The highest BCUT2D eigenvalue weighted by molar-refractivity contribution is 6.30. The predicted octanol–water partition coefficient (Wildman–Crippen LogP) is 4.94. The Balaban J connectivity index is 1.41. The van der Waals surface area contributed by atoms with Crippen LogP contribution in [-0.4, -0.2) is 72.4 Å². The van der Waals surface area contributed by atoms with Crippen molar-refractivity contribution in [2.75, 3.05) is 13.1 Å². The molecular weight excluding hydrogens is 448 g/mol. The van der Waals surface area contributed by atoms with Gasteiger partial charge >= 0.3 is 6.03 Å². The first-order chi connectivity index (χ1) is 16.3. The van der Waals surface area contributed by atoms with E-state index in [2.05, 4.69) is 46.9 Å². The molecule has 34 heavy (non-hydrogen) atoms. The van der Waals surface area contributed by atoms with Gasteiger partial charge < -0.3 is 9.80 Å². The average Bonchev–Trinajstić information content (AvgIpc) is 3.28. The maximum absolute atomic E-state index is 13.5. The van der Waals surface area contributed by atoms with Crippen molar-refractivity contribution >= 4 is 23.4 Å². The number of fused-ring (bicyclic) bond motifs is 3. The highest BCUT2D eigenvalue weighted by atomic mass is 35.5. The van der Waals surface area contributed by atoms with Crippen LogP contribution in [0.25, 0.3) is 17.0 Å². The fourth-order valence-electron chi connectivity index (χ4n) is 5.74. The van der Waals surface area contributed by atoms with Crippen LogP contribution in [0.2, 0.25) is 5.02 Å². The van der Waals surface area contributed by atoms with Crippen molar-refractivity contribution in [2.45, 2.75) is 71.2 Å². The molecule has 2 atom stereocenters. The second-order valence-corrected chi connectivity index (χ2v) is 10.5. The number of aromatic nitrogens is 3. The molecule has 0 aliphatic carbocycles. The van der Waals surface area contributed by atoms with Gasteiger partial charge in [0.25, 0.3) is 0 Å². The number of benzene rings is 1. The summed E-state index contributed by atoms with van der Waals surface area (Å²) in [4.78, 5) is 29.5. The molecule has 4 heterocycles. The van der Waals surface area contributed by atoms with Crippen molar-refractivity contribution in [3.8, 4) is 11.3 Å². The molecule has 2 fully saturated rings. The third kappa shape index (κ3) is 4.16. The molecule has 0 saturated carbocycles. The van der Waals surface area contributed by atoms with Crippen molar-refractivity contribution in [2.24, 2.45) is 0 Å². The average molecular weight is 481 g/mol. The molecule has 2 aliphatic heterocycles. The van der Waals surface area contributed by atoms with Crippen molar-refractivity contribution in [1.82, 2.24) is 29.1 Å². The van der Waals surface area contributed by atoms with Crippen molar-refractivity contribution in [3.63, 3.8) is 0 Å². The summed E-state index contributed by atoms with van der Waals surface area (Å²) in [6, 6.07) is 10.9. The molecule has 0 radical (unpaired) electrons. The van der Waals surface area contributed by atoms with Gasteiger partial charge in [0.05, 0.1) is 11.4 Å². The standard InChI is InChI=1S/C26H33ClN6O/c1-17(2)32(18(3)4)26(34)33-21-10-11-22(33)15-30(14-21)16-23-24(19-6-8-20(27)9-7-19)29-25-28-12-5-13-31(23)25/h5-9,12-13,17-18,21-22H,10-11,14-16H2,1-4H3. The van der Waals surface area contributed by atoms with E-state index in [1.165, 1.54) is 0 Å². The van der Waals surface area contributed by atoms with Crippen LogP contribution in [0.4, 0.5) is 4.79 Å². The summed E-state index contributed by atoms with van der Waals surface area (Å²) in [7, 11) is 0. The van der Waals surface area contributed by atoms with E-state index in [9.17, 15) is 4.79 Å². The first-order valence-electron chi connectivity index (χ1n) is 12.2. The zero-order chi connectivity index (χ0) is 24.0. The monoisotopic (exact) mass is 480 g/mol. The molecule has 0 N–H and O–H groups in total. The first-order valence-corrected chi connectivity index (χ1v) is 12.6. The van der Waals surface area contributed by atoms with E-state index in [-0.39, 0.29) is 30.2 Å². The Morgan fingerprint density at radius 1 is 1.09 bits per heavy atom. The number of likely N-dealkylation sites (tertiary alicyclic amines) is 1. The van der Waals surface area contributed by atoms with Crippen LogP contribution in [0.15, 0.2) is 42.7 Å². The number of carbonyl (C=O) groups excluding carboxylic acids is 1. The molecule has 180 valence electrons. The van der Waals surface area contributed by atoms with E-state index in [1.807, 2.05) is 41.4 Å². The highest BCUT2D eigenvalue weighted by Gasteiger charge is 2.44. The van der Waals surface area contributed by atoms with E-state index in [1.54, 1.807) is 6.20 Å². The maximum atomic E-state index is 13.5. The van der Waals surface area contributed by atoms with Gasteiger partial charge in [-0.3, -0.25) is 9.30 Å². The third-order valence-electron chi connectivity index (χ3n) is 7.11. The topological polar surface area (TPSA) is 57.0 Å². The molecule has 2 amide bonds. The molecule has 2 bridgehead atoms. The lowest BCUT2D eigenvalue weighted by atomic mass is 10.1. The number of hydrogen-bond donors (Lipinski definition) is 0.